The van der Waals surface area contributed by atoms with E-state index in [1.165, 1.54) is 14.2 Å². The van der Waals surface area contributed by atoms with E-state index in [0.717, 1.165) is 4.90 Å². The lowest BCUT2D eigenvalue weighted by molar-refractivity contribution is -0.135. The van der Waals surface area contributed by atoms with Crippen LogP contribution in [0, 0.1) is 0 Å². The molecule has 0 bridgehead atoms. The Kier molecular flexibility index (Phi) is 4.06. The molecule has 24 heavy (non-hydrogen) atoms. The second-order valence-corrected chi connectivity index (χ2v) is 6.00. The zero-order chi connectivity index (χ0) is 17.5. The quantitative estimate of drug-likeness (QED) is 0.906. The molecule has 2 heterocycles. The third kappa shape index (κ3) is 2.88. The lowest BCUT2D eigenvalue weighted by atomic mass is 10.0. The van der Waals surface area contributed by atoms with Gasteiger partial charge in [-0.05, 0) is 17.7 Å². The molecule has 3 rings (SSSR count). The Morgan fingerprint density at radius 3 is 2.58 bits per heavy atom. The fourth-order valence-electron chi connectivity index (χ4n) is 3.26. The van der Waals surface area contributed by atoms with Crippen molar-refractivity contribution in [2.24, 2.45) is 0 Å². The number of benzene rings is 1. The molecular weight excluding hydrogens is 322 g/mol. The summed E-state index contributed by atoms with van der Waals surface area (Å²) in [5.41, 5.74) is 0.460. The van der Waals surface area contributed by atoms with Crippen LogP contribution in [-0.4, -0.2) is 49.4 Å². The summed E-state index contributed by atoms with van der Waals surface area (Å²) in [6.45, 7) is -0.657. The third-order valence-electron chi connectivity index (χ3n) is 4.37. The Morgan fingerprint density at radius 1 is 1.21 bits per heavy atom. The normalized spacial score (nSPS) is 25.8. The SMILES string of the molecule is COc1ccc(C2NC(=O)C[C@@H]3CC(F)(F)CN3C2=O)cc1OC. The molecule has 0 saturated carbocycles. The Bertz CT molecular complexity index is 680. The van der Waals surface area contributed by atoms with Gasteiger partial charge in [-0.25, -0.2) is 8.78 Å². The molecule has 1 unspecified atom stereocenters. The van der Waals surface area contributed by atoms with Crippen molar-refractivity contribution in [1.29, 1.82) is 0 Å². The minimum atomic E-state index is -2.96. The lowest BCUT2D eigenvalue weighted by Gasteiger charge is -2.24. The maximum absolute atomic E-state index is 13.7. The number of methoxy groups -OCH3 is 2. The van der Waals surface area contributed by atoms with Gasteiger partial charge in [0.15, 0.2) is 11.5 Å². The first-order chi connectivity index (χ1) is 11.3. The Morgan fingerprint density at radius 2 is 1.92 bits per heavy atom. The maximum atomic E-state index is 13.7. The molecule has 0 radical (unpaired) electrons. The first-order valence-corrected chi connectivity index (χ1v) is 7.54. The number of hydrogen-bond acceptors (Lipinski definition) is 4. The summed E-state index contributed by atoms with van der Waals surface area (Å²) >= 11 is 0. The van der Waals surface area contributed by atoms with Crippen LogP contribution in [0.3, 0.4) is 0 Å². The smallest absolute Gasteiger partial charge is 0.267 e. The minimum Gasteiger partial charge on any atom is -0.493 e. The molecule has 6 nitrogen and oxygen atoms in total. The van der Waals surface area contributed by atoms with Gasteiger partial charge in [-0.1, -0.05) is 6.07 Å². The van der Waals surface area contributed by atoms with Crippen LogP contribution in [0.1, 0.15) is 24.4 Å². The Labute approximate surface area is 137 Å². The number of amides is 2. The highest BCUT2D eigenvalue weighted by molar-refractivity contribution is 5.92. The number of hydrogen-bond donors (Lipinski definition) is 1. The predicted molar refractivity (Wildman–Crippen MR) is 80.1 cm³/mol. The zero-order valence-electron chi connectivity index (χ0n) is 13.3. The second-order valence-electron chi connectivity index (χ2n) is 6.00. The minimum absolute atomic E-state index is 0.120. The molecule has 0 aromatic heterocycles. The van der Waals surface area contributed by atoms with Crippen molar-refractivity contribution in [3.05, 3.63) is 23.8 Å². The van der Waals surface area contributed by atoms with E-state index in [2.05, 4.69) is 5.32 Å². The molecule has 130 valence electrons. The largest absolute Gasteiger partial charge is 0.493 e. The van der Waals surface area contributed by atoms with E-state index in [4.69, 9.17) is 9.47 Å². The van der Waals surface area contributed by atoms with Crippen molar-refractivity contribution >= 4 is 11.8 Å². The number of nitrogens with zero attached hydrogens (tertiary/aromatic N) is 1. The van der Waals surface area contributed by atoms with E-state index in [1.807, 2.05) is 0 Å². The van der Waals surface area contributed by atoms with Gasteiger partial charge < -0.3 is 19.7 Å². The summed E-state index contributed by atoms with van der Waals surface area (Å²) in [6, 6.07) is 3.00. The highest BCUT2D eigenvalue weighted by atomic mass is 19.3. The van der Waals surface area contributed by atoms with Crippen molar-refractivity contribution in [3.63, 3.8) is 0 Å². The average Bonchev–Trinajstić information content (AvgIpc) is 2.80. The van der Waals surface area contributed by atoms with Crippen LogP contribution < -0.4 is 14.8 Å². The molecule has 2 atom stereocenters. The van der Waals surface area contributed by atoms with Crippen LogP contribution in [-0.2, 0) is 9.59 Å². The molecule has 2 saturated heterocycles. The van der Waals surface area contributed by atoms with Crippen LogP contribution >= 0.6 is 0 Å². The molecule has 0 spiro atoms. The molecule has 1 aromatic carbocycles. The van der Waals surface area contributed by atoms with E-state index in [0.29, 0.717) is 17.1 Å². The van der Waals surface area contributed by atoms with E-state index < -0.39 is 42.8 Å². The van der Waals surface area contributed by atoms with Gasteiger partial charge in [0, 0.05) is 18.9 Å². The van der Waals surface area contributed by atoms with Gasteiger partial charge in [-0.2, -0.15) is 0 Å². The van der Waals surface area contributed by atoms with Gasteiger partial charge in [-0.3, -0.25) is 9.59 Å². The van der Waals surface area contributed by atoms with Crippen molar-refractivity contribution in [1.82, 2.24) is 10.2 Å². The van der Waals surface area contributed by atoms with Crippen LogP contribution in [0.5, 0.6) is 11.5 Å². The topological polar surface area (TPSA) is 67.9 Å². The molecule has 2 amide bonds. The molecule has 2 aliphatic rings. The van der Waals surface area contributed by atoms with E-state index in [9.17, 15) is 18.4 Å². The number of rotatable bonds is 3. The van der Waals surface area contributed by atoms with Crippen molar-refractivity contribution < 1.29 is 27.8 Å². The second kappa shape index (κ2) is 5.92. The van der Waals surface area contributed by atoms with Gasteiger partial charge in [-0.15, -0.1) is 0 Å². The number of nitrogens with one attached hydrogen (secondary N) is 1. The lowest BCUT2D eigenvalue weighted by Crippen LogP contribution is -2.40. The Hall–Kier alpha value is -2.38. The van der Waals surface area contributed by atoms with Crippen LogP contribution in [0.25, 0.3) is 0 Å². The van der Waals surface area contributed by atoms with E-state index >= 15 is 0 Å². The van der Waals surface area contributed by atoms with E-state index in [1.54, 1.807) is 18.2 Å². The molecule has 0 aliphatic carbocycles. The average molecular weight is 340 g/mol. The summed E-state index contributed by atoms with van der Waals surface area (Å²) in [5, 5.41) is 2.62. The fourth-order valence-corrected chi connectivity index (χ4v) is 3.26. The summed E-state index contributed by atoms with van der Waals surface area (Å²) in [7, 11) is 2.93. The van der Waals surface area contributed by atoms with Crippen molar-refractivity contribution in [2.45, 2.75) is 30.8 Å². The zero-order valence-corrected chi connectivity index (χ0v) is 13.3. The number of ether oxygens (including phenoxy) is 2. The monoisotopic (exact) mass is 340 g/mol. The summed E-state index contributed by atoms with van der Waals surface area (Å²) < 4.78 is 37.7. The van der Waals surface area contributed by atoms with Crippen molar-refractivity contribution in [2.75, 3.05) is 20.8 Å². The molecule has 2 aliphatic heterocycles. The van der Waals surface area contributed by atoms with Gasteiger partial charge in [0.05, 0.1) is 20.8 Å². The van der Waals surface area contributed by atoms with Crippen LogP contribution in [0.2, 0.25) is 0 Å². The van der Waals surface area contributed by atoms with Gasteiger partial charge in [0.2, 0.25) is 11.8 Å². The van der Waals surface area contributed by atoms with Crippen molar-refractivity contribution in [3.8, 4) is 11.5 Å². The molecule has 2 fully saturated rings. The molecule has 1 N–H and O–H groups in total. The Balaban J connectivity index is 1.95. The third-order valence-corrected chi connectivity index (χ3v) is 4.37. The maximum Gasteiger partial charge on any atom is 0.267 e. The summed E-state index contributed by atoms with van der Waals surface area (Å²) in [6.07, 6.45) is -0.601. The first-order valence-electron chi connectivity index (χ1n) is 7.54. The summed E-state index contributed by atoms with van der Waals surface area (Å²) in [5.74, 6) is -3.05. The number of alkyl halides is 2. The standard InChI is InChI=1S/C16H18F2N2O4/c1-23-11-4-3-9(5-12(11)24-2)14-15(22)20-8-16(17,18)7-10(20)6-13(21)19-14/h3-5,10,14H,6-8H2,1-2H3,(H,19,21)/t10-,14?/m1/s1. The molecule has 1 aromatic rings. The van der Waals surface area contributed by atoms with Crippen LogP contribution in [0.4, 0.5) is 8.78 Å². The van der Waals surface area contributed by atoms with Gasteiger partial charge in [0.25, 0.3) is 5.92 Å². The molecule has 8 heteroatoms. The summed E-state index contributed by atoms with van der Waals surface area (Å²) in [4.78, 5) is 25.9. The van der Waals surface area contributed by atoms with Crippen LogP contribution in [0.15, 0.2) is 18.2 Å². The fraction of sp³-hybridized carbons (Fsp3) is 0.500. The molecular formula is C16H18F2N2O4. The van der Waals surface area contributed by atoms with Gasteiger partial charge >= 0.3 is 0 Å². The number of carbonyl (C=O) groups excluding carboxylic acids is 2. The van der Waals surface area contributed by atoms with E-state index in [-0.39, 0.29) is 6.42 Å². The predicted octanol–water partition coefficient (Wildman–Crippen LogP) is 1.50. The number of carbonyl (C=O) groups is 2. The number of halogens is 2. The highest BCUT2D eigenvalue weighted by Crippen LogP contribution is 2.38. The first kappa shape index (κ1) is 16.5. The van der Waals surface area contributed by atoms with Gasteiger partial charge in [0.1, 0.15) is 6.04 Å². The number of fused-ring (bicyclic) bond motifs is 1. The highest BCUT2D eigenvalue weighted by Gasteiger charge is 2.50.